The first kappa shape index (κ1) is 49.5. The summed E-state index contributed by atoms with van der Waals surface area (Å²) < 4.78 is 10.9. The van der Waals surface area contributed by atoms with Gasteiger partial charge < -0.3 is 40.1 Å². The van der Waals surface area contributed by atoms with Crippen molar-refractivity contribution in [2.45, 2.75) is 38.5 Å². The summed E-state index contributed by atoms with van der Waals surface area (Å²) in [4.78, 5) is 29.6. The third-order valence-electron chi connectivity index (χ3n) is 12.8. The van der Waals surface area contributed by atoms with E-state index in [1.807, 2.05) is 74.5 Å². The highest BCUT2D eigenvalue weighted by Gasteiger charge is 2.29. The average Bonchev–Trinajstić information content (AvgIpc) is 3.36. The largest absolute Gasteiger partial charge is 0.503 e. The number of Topliss-reactive ketones (excluding diaryl/α,β-unsaturated/α-hetero) is 1. The number of pyridine rings is 2. The van der Waals surface area contributed by atoms with E-state index >= 15 is 4.79 Å². The Morgan fingerprint density at radius 1 is 0.586 bits per heavy atom. The van der Waals surface area contributed by atoms with Gasteiger partial charge in [0.25, 0.3) is 0 Å². The minimum atomic E-state index is -0.644. The van der Waals surface area contributed by atoms with Gasteiger partial charge in [0.05, 0.1) is 46.7 Å². The van der Waals surface area contributed by atoms with Crippen molar-refractivity contribution >= 4 is 73.5 Å². The lowest BCUT2D eigenvalue weighted by Gasteiger charge is -2.24. The topological polar surface area (TPSA) is 132 Å². The molecular weight excluding hydrogens is 920 g/mol. The zero-order valence-electron chi connectivity index (χ0n) is 40.7. The van der Waals surface area contributed by atoms with Crippen LogP contribution in [0.4, 0.5) is 22.7 Å². The highest BCUT2D eigenvalue weighted by molar-refractivity contribution is 6.33. The van der Waals surface area contributed by atoms with Gasteiger partial charge in [-0.1, -0.05) is 73.4 Å². The smallest absolute Gasteiger partial charge is 0.176 e. The Hall–Kier alpha value is -6.89. The molecule has 360 valence electrons. The number of ether oxygens (including phenoxy) is 2. The standard InChI is InChI=1S/C57H58Cl2N6O5/c1-33(45-31-60-49-17-15-37(39-27-47(58)56(67)51(29-39)69-7)25-43(49)53(45)62-41-13-9-11-35(23-41)19-21-64(3)4)55(66)34(2)46-32-61-50-18-16-38(40-28-48(59)57(68)52(30-40)70-8)26-44(50)54(46)63-42-14-10-12-36(24-42)20-22-65(5)6/h9-18,23-34,67-68H,19-22H2,1-8H3,(H,60,62)(H,61,63). The maximum Gasteiger partial charge on any atom is 0.176 e. The number of carbonyl (C=O) groups is 1. The molecule has 6 aromatic carbocycles. The molecule has 0 aliphatic carbocycles. The quantitative estimate of drug-likeness (QED) is 0.0655. The first-order chi connectivity index (χ1) is 33.6. The molecule has 0 aliphatic heterocycles. The van der Waals surface area contributed by atoms with E-state index in [1.165, 1.54) is 25.3 Å². The molecule has 13 heteroatoms. The van der Waals surface area contributed by atoms with Crippen LogP contribution in [0.5, 0.6) is 23.0 Å². The van der Waals surface area contributed by atoms with Gasteiger partial charge in [0, 0.05) is 70.6 Å². The minimum Gasteiger partial charge on any atom is -0.503 e. The lowest BCUT2D eigenvalue weighted by Crippen LogP contribution is -2.19. The van der Waals surface area contributed by atoms with Crippen LogP contribution in [0, 0.1) is 0 Å². The molecule has 0 aliphatic rings. The summed E-state index contributed by atoms with van der Waals surface area (Å²) in [7, 11) is 11.2. The summed E-state index contributed by atoms with van der Waals surface area (Å²) in [5, 5.41) is 30.6. The zero-order valence-corrected chi connectivity index (χ0v) is 42.2. The van der Waals surface area contributed by atoms with Gasteiger partial charge in [0.2, 0.25) is 0 Å². The second-order valence-corrected chi connectivity index (χ2v) is 19.1. The molecular formula is C57H58Cl2N6O5. The summed E-state index contributed by atoms with van der Waals surface area (Å²) in [6.07, 6.45) is 5.33. The SMILES string of the molecule is COc1cc(-c2ccc3ncc(C(C)C(=O)C(C)c4cnc5ccc(-c6cc(Cl)c(O)c(OC)c6)cc5c4Nc4cccc(CCN(C)C)c4)c(Nc4cccc(CCN(C)C)c4)c3c2)cc(Cl)c1O. The molecule has 8 rings (SSSR count). The molecule has 0 fully saturated rings. The van der Waals surface area contributed by atoms with Gasteiger partial charge in [-0.2, -0.15) is 0 Å². The maximum atomic E-state index is 15.4. The number of fused-ring (bicyclic) bond motifs is 2. The number of methoxy groups -OCH3 is 2. The Labute approximate surface area is 419 Å². The molecule has 0 saturated heterocycles. The van der Waals surface area contributed by atoms with Crippen LogP contribution in [0.25, 0.3) is 44.1 Å². The number of hydrogen-bond acceptors (Lipinski definition) is 11. The van der Waals surface area contributed by atoms with Gasteiger partial charge in [0.15, 0.2) is 23.0 Å². The first-order valence-corrected chi connectivity index (χ1v) is 23.9. The normalized spacial score (nSPS) is 12.4. The van der Waals surface area contributed by atoms with E-state index in [-0.39, 0.29) is 38.8 Å². The Kier molecular flexibility index (Phi) is 15.1. The fourth-order valence-electron chi connectivity index (χ4n) is 8.79. The van der Waals surface area contributed by atoms with E-state index in [1.54, 1.807) is 36.7 Å². The van der Waals surface area contributed by atoms with Crippen LogP contribution in [0.2, 0.25) is 10.0 Å². The third kappa shape index (κ3) is 10.8. The molecule has 0 bridgehead atoms. The number of phenolic OH excluding ortho intramolecular Hbond substituents is 2. The van der Waals surface area contributed by atoms with Crippen molar-refractivity contribution in [2.75, 3.05) is 66.1 Å². The van der Waals surface area contributed by atoms with E-state index in [2.05, 4.69) is 72.9 Å². The fourth-order valence-corrected chi connectivity index (χ4v) is 9.21. The summed E-state index contributed by atoms with van der Waals surface area (Å²) in [5.74, 6) is -1.08. The number of hydrogen-bond donors (Lipinski definition) is 4. The van der Waals surface area contributed by atoms with Crippen LogP contribution >= 0.6 is 23.2 Å². The second-order valence-electron chi connectivity index (χ2n) is 18.3. The van der Waals surface area contributed by atoms with Crippen LogP contribution in [-0.2, 0) is 17.6 Å². The van der Waals surface area contributed by atoms with Gasteiger partial charge in [-0.15, -0.1) is 0 Å². The molecule has 2 unspecified atom stereocenters. The lowest BCUT2D eigenvalue weighted by atomic mass is 9.84. The fraction of sp³-hybridized carbons (Fsp3) is 0.246. The molecule has 2 heterocycles. The van der Waals surface area contributed by atoms with Gasteiger partial charge >= 0.3 is 0 Å². The van der Waals surface area contributed by atoms with Gasteiger partial charge in [-0.3, -0.25) is 14.8 Å². The number of halogens is 2. The molecule has 0 saturated carbocycles. The predicted molar refractivity (Wildman–Crippen MR) is 287 cm³/mol. The van der Waals surface area contributed by atoms with E-state index < -0.39 is 11.8 Å². The summed E-state index contributed by atoms with van der Waals surface area (Å²) >= 11 is 13.0. The van der Waals surface area contributed by atoms with Crippen LogP contribution < -0.4 is 20.1 Å². The summed E-state index contributed by atoms with van der Waals surface area (Å²) in [5.41, 5.74) is 11.6. The van der Waals surface area contributed by atoms with Crippen molar-refractivity contribution in [1.82, 2.24) is 19.8 Å². The molecule has 8 aromatic rings. The number of anilines is 4. The molecule has 2 atom stereocenters. The number of carbonyl (C=O) groups excluding carboxylic acids is 1. The Bertz CT molecular complexity index is 3020. The van der Waals surface area contributed by atoms with Crippen LogP contribution in [0.15, 0.2) is 122 Å². The van der Waals surface area contributed by atoms with Crippen LogP contribution in [0.1, 0.15) is 47.9 Å². The van der Waals surface area contributed by atoms with Crippen molar-refractivity contribution in [3.63, 3.8) is 0 Å². The third-order valence-corrected chi connectivity index (χ3v) is 13.4. The van der Waals surface area contributed by atoms with Gasteiger partial charge in [-0.05, 0) is 147 Å². The van der Waals surface area contributed by atoms with Crippen LogP contribution in [0.3, 0.4) is 0 Å². The number of likely N-dealkylation sites (N-methyl/N-ethyl adjacent to an activating group) is 2. The van der Waals surface area contributed by atoms with Crippen molar-refractivity contribution in [3.8, 4) is 45.3 Å². The minimum absolute atomic E-state index is 0.0368. The average molecular weight is 978 g/mol. The van der Waals surface area contributed by atoms with Gasteiger partial charge in [-0.25, -0.2) is 0 Å². The summed E-state index contributed by atoms with van der Waals surface area (Å²) in [6.45, 7) is 5.65. The summed E-state index contributed by atoms with van der Waals surface area (Å²) in [6, 6.07) is 35.4. The number of ketones is 1. The van der Waals surface area contributed by atoms with E-state index in [0.717, 1.165) is 104 Å². The number of rotatable bonds is 18. The molecule has 11 nitrogen and oxygen atoms in total. The van der Waals surface area contributed by atoms with E-state index in [4.69, 9.17) is 42.6 Å². The number of nitrogens with zero attached hydrogens (tertiary/aromatic N) is 4. The number of aromatic nitrogens is 2. The molecule has 0 radical (unpaired) electrons. The zero-order chi connectivity index (χ0) is 49.8. The number of nitrogens with one attached hydrogen (secondary N) is 2. The van der Waals surface area contributed by atoms with Crippen LogP contribution in [-0.4, -0.2) is 91.3 Å². The van der Waals surface area contributed by atoms with E-state index in [0.29, 0.717) is 0 Å². The Morgan fingerprint density at radius 2 is 1.00 bits per heavy atom. The molecule has 70 heavy (non-hydrogen) atoms. The van der Waals surface area contributed by atoms with Crippen molar-refractivity contribution in [2.24, 2.45) is 0 Å². The lowest BCUT2D eigenvalue weighted by molar-refractivity contribution is -0.121. The predicted octanol–water partition coefficient (Wildman–Crippen LogP) is 13.0. The molecule has 0 amide bonds. The van der Waals surface area contributed by atoms with E-state index in [9.17, 15) is 10.2 Å². The molecule has 2 aromatic heterocycles. The number of benzene rings is 6. The monoisotopic (exact) mass is 976 g/mol. The molecule has 4 N–H and O–H groups in total. The van der Waals surface area contributed by atoms with Gasteiger partial charge in [0.1, 0.15) is 5.78 Å². The number of phenols is 2. The maximum absolute atomic E-state index is 15.4. The van der Waals surface area contributed by atoms with Crippen molar-refractivity contribution in [3.05, 3.63) is 154 Å². The highest BCUT2D eigenvalue weighted by Crippen LogP contribution is 2.44. The second kappa shape index (κ2) is 21.4. The highest BCUT2D eigenvalue weighted by atomic mass is 35.5. The van der Waals surface area contributed by atoms with Crippen molar-refractivity contribution in [1.29, 1.82) is 0 Å². The number of aromatic hydroxyl groups is 2. The Morgan fingerprint density at radius 3 is 1.39 bits per heavy atom. The first-order valence-electron chi connectivity index (χ1n) is 23.2. The Balaban J connectivity index is 1.25. The molecule has 0 spiro atoms. The van der Waals surface area contributed by atoms with Crippen molar-refractivity contribution < 1.29 is 24.5 Å².